The lowest BCUT2D eigenvalue weighted by Crippen LogP contribution is -2.20. The molecule has 0 saturated carbocycles. The van der Waals surface area contributed by atoms with Crippen LogP contribution in [-0.4, -0.2) is 24.7 Å². The molecule has 68 valence electrons. The van der Waals surface area contributed by atoms with E-state index in [9.17, 15) is 4.79 Å². The number of hydrazone groups is 1. The van der Waals surface area contributed by atoms with Gasteiger partial charge in [-0.3, -0.25) is 4.79 Å². The van der Waals surface area contributed by atoms with Crippen molar-refractivity contribution in [3.8, 4) is 0 Å². The summed E-state index contributed by atoms with van der Waals surface area (Å²) in [6.07, 6.45) is 0. The molecular weight excluding hydrogens is 232 g/mol. The van der Waals surface area contributed by atoms with Gasteiger partial charge >= 0.3 is 0 Å². The highest BCUT2D eigenvalue weighted by Gasteiger charge is 2.08. The van der Waals surface area contributed by atoms with Crippen LogP contribution < -0.4 is 0 Å². The lowest BCUT2D eigenvalue weighted by atomic mass is 10.2. The van der Waals surface area contributed by atoms with E-state index < -0.39 is 0 Å². The van der Waals surface area contributed by atoms with E-state index >= 15 is 0 Å². The average molecular weight is 241 g/mol. The fraction of sp³-hybridized carbons (Fsp3) is 0.111. The van der Waals surface area contributed by atoms with Crippen LogP contribution in [0.3, 0.4) is 0 Å². The third kappa shape index (κ3) is 2.39. The minimum absolute atomic E-state index is 0.164. The van der Waals surface area contributed by atoms with Crippen molar-refractivity contribution >= 4 is 28.6 Å². The van der Waals surface area contributed by atoms with E-state index in [4.69, 9.17) is 0 Å². The second-order valence-corrected chi connectivity index (χ2v) is 3.39. The second kappa shape index (κ2) is 4.18. The van der Waals surface area contributed by atoms with Crippen LogP contribution in [0.25, 0.3) is 0 Å². The average Bonchev–Trinajstić information content (AvgIpc) is 2.17. The molecule has 0 aromatic heterocycles. The molecule has 0 aliphatic rings. The van der Waals surface area contributed by atoms with Gasteiger partial charge in [-0.05, 0) is 24.3 Å². The van der Waals surface area contributed by atoms with Crippen LogP contribution in [0.4, 0.5) is 0 Å². The monoisotopic (exact) mass is 240 g/mol. The Morgan fingerprint density at radius 1 is 1.46 bits per heavy atom. The first-order valence-electron chi connectivity index (χ1n) is 3.65. The van der Waals surface area contributed by atoms with Crippen LogP contribution in [0.1, 0.15) is 10.4 Å². The van der Waals surface area contributed by atoms with Crippen molar-refractivity contribution in [1.29, 1.82) is 0 Å². The molecule has 1 amide bonds. The Morgan fingerprint density at radius 2 is 2.00 bits per heavy atom. The van der Waals surface area contributed by atoms with Crippen LogP contribution in [-0.2, 0) is 0 Å². The molecule has 13 heavy (non-hydrogen) atoms. The van der Waals surface area contributed by atoms with Gasteiger partial charge in [0.25, 0.3) is 5.91 Å². The first-order valence-corrected chi connectivity index (χ1v) is 4.44. The number of halogens is 1. The molecule has 0 unspecified atom stereocenters. The summed E-state index contributed by atoms with van der Waals surface area (Å²) in [6.45, 7) is 3.27. The largest absolute Gasteiger partial charge is 0.273 e. The molecule has 0 aliphatic carbocycles. The summed E-state index contributed by atoms with van der Waals surface area (Å²) in [4.78, 5) is 11.5. The summed E-state index contributed by atoms with van der Waals surface area (Å²) in [5.74, 6) is -0.164. The van der Waals surface area contributed by atoms with Crippen molar-refractivity contribution in [1.82, 2.24) is 5.01 Å². The third-order valence-corrected chi connectivity index (χ3v) is 2.13. The Bertz CT molecular complexity index is 321. The zero-order chi connectivity index (χ0) is 9.84. The van der Waals surface area contributed by atoms with E-state index in [1.807, 2.05) is 12.1 Å². The summed E-state index contributed by atoms with van der Waals surface area (Å²) < 4.78 is 0.943. The van der Waals surface area contributed by atoms with Crippen LogP contribution in [0.15, 0.2) is 33.8 Å². The van der Waals surface area contributed by atoms with Gasteiger partial charge in [-0.1, -0.05) is 15.9 Å². The van der Waals surface area contributed by atoms with Crippen molar-refractivity contribution in [2.24, 2.45) is 5.10 Å². The number of benzene rings is 1. The van der Waals surface area contributed by atoms with Crippen LogP contribution in [0.5, 0.6) is 0 Å². The molecule has 3 nitrogen and oxygen atoms in total. The van der Waals surface area contributed by atoms with Crippen molar-refractivity contribution in [2.45, 2.75) is 0 Å². The normalized spacial score (nSPS) is 9.38. The zero-order valence-electron chi connectivity index (χ0n) is 7.20. The molecule has 0 fully saturated rings. The third-order valence-electron chi connectivity index (χ3n) is 1.60. The summed E-state index contributed by atoms with van der Waals surface area (Å²) in [7, 11) is 1.57. The lowest BCUT2D eigenvalue weighted by molar-refractivity contribution is 0.0801. The quantitative estimate of drug-likeness (QED) is 0.576. The highest BCUT2D eigenvalue weighted by atomic mass is 79.9. The molecule has 4 heteroatoms. The van der Waals surface area contributed by atoms with Gasteiger partial charge in [0.15, 0.2) is 0 Å². The maximum Gasteiger partial charge on any atom is 0.273 e. The Morgan fingerprint density at radius 3 is 2.46 bits per heavy atom. The van der Waals surface area contributed by atoms with E-state index in [0.29, 0.717) is 5.56 Å². The summed E-state index contributed by atoms with van der Waals surface area (Å²) in [5.41, 5.74) is 0.595. The highest BCUT2D eigenvalue weighted by Crippen LogP contribution is 2.11. The molecule has 0 aliphatic heterocycles. The van der Waals surface area contributed by atoms with Gasteiger partial charge in [0.2, 0.25) is 0 Å². The molecular formula is C9H9BrN2O. The smallest absolute Gasteiger partial charge is 0.267 e. The van der Waals surface area contributed by atoms with Crippen LogP contribution in [0.2, 0.25) is 0 Å². The first-order chi connectivity index (χ1) is 6.15. The maximum absolute atomic E-state index is 11.5. The van der Waals surface area contributed by atoms with Gasteiger partial charge in [-0.2, -0.15) is 5.10 Å². The summed E-state index contributed by atoms with van der Waals surface area (Å²) in [5, 5.41) is 4.71. The van der Waals surface area contributed by atoms with E-state index in [1.54, 1.807) is 19.2 Å². The van der Waals surface area contributed by atoms with Crippen molar-refractivity contribution in [3.63, 3.8) is 0 Å². The number of amides is 1. The molecule has 1 rings (SSSR count). The molecule has 1 aromatic rings. The summed E-state index contributed by atoms with van der Waals surface area (Å²) >= 11 is 3.29. The lowest BCUT2D eigenvalue weighted by Gasteiger charge is -2.09. The number of carbonyl (C=O) groups is 1. The fourth-order valence-electron chi connectivity index (χ4n) is 0.844. The number of nitrogens with zero attached hydrogens (tertiary/aromatic N) is 2. The van der Waals surface area contributed by atoms with E-state index in [1.165, 1.54) is 5.01 Å². The van der Waals surface area contributed by atoms with Gasteiger partial charge in [0, 0.05) is 23.8 Å². The Balaban J connectivity index is 2.89. The van der Waals surface area contributed by atoms with Crippen molar-refractivity contribution < 1.29 is 4.79 Å². The topological polar surface area (TPSA) is 32.7 Å². The minimum Gasteiger partial charge on any atom is -0.267 e. The fourth-order valence-corrected chi connectivity index (χ4v) is 1.11. The minimum atomic E-state index is -0.164. The predicted octanol–water partition coefficient (Wildman–Crippen LogP) is 2.14. The molecule has 0 bridgehead atoms. The molecule has 0 atom stereocenters. The Hall–Kier alpha value is -1.16. The van der Waals surface area contributed by atoms with Crippen molar-refractivity contribution in [2.75, 3.05) is 7.05 Å². The molecule has 0 heterocycles. The molecule has 0 N–H and O–H groups in total. The first kappa shape index (κ1) is 9.92. The SMILES string of the molecule is C=NN(C)C(=O)c1ccc(Br)cc1. The molecule has 1 aromatic carbocycles. The van der Waals surface area contributed by atoms with Crippen LogP contribution in [0, 0.1) is 0 Å². The van der Waals surface area contributed by atoms with Crippen molar-refractivity contribution in [3.05, 3.63) is 34.3 Å². The number of carbonyl (C=O) groups excluding carboxylic acids is 1. The number of rotatable bonds is 2. The van der Waals surface area contributed by atoms with Gasteiger partial charge in [0.1, 0.15) is 0 Å². The Labute approximate surface area is 85.2 Å². The van der Waals surface area contributed by atoms with E-state index in [-0.39, 0.29) is 5.91 Å². The molecule has 0 saturated heterocycles. The molecule has 0 radical (unpaired) electrons. The molecule has 0 spiro atoms. The maximum atomic E-state index is 11.5. The van der Waals surface area contributed by atoms with E-state index in [0.717, 1.165) is 4.47 Å². The highest BCUT2D eigenvalue weighted by molar-refractivity contribution is 9.10. The zero-order valence-corrected chi connectivity index (χ0v) is 8.78. The standard InChI is InChI=1S/C9H9BrN2O/c1-11-12(2)9(13)7-3-5-8(10)6-4-7/h3-6H,1H2,2H3. The van der Waals surface area contributed by atoms with Crippen LogP contribution >= 0.6 is 15.9 Å². The van der Waals surface area contributed by atoms with E-state index in [2.05, 4.69) is 27.7 Å². The Kier molecular flexibility index (Phi) is 3.19. The summed E-state index contributed by atoms with van der Waals surface area (Å²) in [6, 6.07) is 7.08. The number of hydrogen-bond acceptors (Lipinski definition) is 2. The second-order valence-electron chi connectivity index (χ2n) is 2.48. The van der Waals surface area contributed by atoms with Gasteiger partial charge in [0.05, 0.1) is 0 Å². The van der Waals surface area contributed by atoms with Gasteiger partial charge in [-0.15, -0.1) is 0 Å². The van der Waals surface area contributed by atoms with Gasteiger partial charge < -0.3 is 0 Å². The van der Waals surface area contributed by atoms with Gasteiger partial charge in [-0.25, -0.2) is 5.01 Å². The predicted molar refractivity (Wildman–Crippen MR) is 55.8 cm³/mol. The number of hydrogen-bond donors (Lipinski definition) is 0.